The molecule has 2 aromatic heterocycles. The van der Waals surface area contributed by atoms with E-state index in [9.17, 15) is 4.79 Å². The van der Waals surface area contributed by atoms with Crippen molar-refractivity contribution in [3.63, 3.8) is 0 Å². The number of aromatic nitrogens is 3. The zero-order valence-corrected chi connectivity index (χ0v) is 9.69. The summed E-state index contributed by atoms with van der Waals surface area (Å²) in [5.74, 6) is -0.147. The third kappa shape index (κ3) is 2.53. The first-order valence-electron chi connectivity index (χ1n) is 4.59. The molecule has 0 fully saturated rings. The Balaban J connectivity index is 2.28. The second-order valence-electron chi connectivity index (χ2n) is 3.16. The molecule has 0 spiro atoms. The Morgan fingerprint density at radius 2 is 2.24 bits per heavy atom. The van der Waals surface area contributed by atoms with Gasteiger partial charge in [-0.05, 0) is 17.8 Å². The summed E-state index contributed by atoms with van der Waals surface area (Å²) in [6.07, 6.45) is 1.37. The fourth-order valence-electron chi connectivity index (χ4n) is 1.13. The van der Waals surface area contributed by atoms with Crippen molar-refractivity contribution in [1.29, 1.82) is 0 Å². The molecule has 0 radical (unpaired) electrons. The van der Waals surface area contributed by atoms with E-state index < -0.39 is 5.91 Å². The molecule has 0 aliphatic heterocycles. The first-order valence-corrected chi connectivity index (χ1v) is 5.41. The summed E-state index contributed by atoms with van der Waals surface area (Å²) in [4.78, 5) is 15.1. The lowest BCUT2D eigenvalue weighted by molar-refractivity contribution is 0.100. The molecule has 2 aromatic rings. The number of nitrogens with zero attached hydrogens (tertiary/aromatic N) is 3. The van der Waals surface area contributed by atoms with Crippen molar-refractivity contribution >= 4 is 23.4 Å². The number of hydrogen-bond donors (Lipinski definition) is 2. The summed E-state index contributed by atoms with van der Waals surface area (Å²) in [5, 5.41) is 8.33. The largest absolute Gasteiger partial charge is 0.416 e. The van der Waals surface area contributed by atoms with Crippen LogP contribution < -0.4 is 11.5 Å². The molecule has 2 rings (SSSR count). The molecule has 7 nitrogen and oxygen atoms in total. The molecule has 0 saturated carbocycles. The number of pyridine rings is 1. The van der Waals surface area contributed by atoms with E-state index in [0.29, 0.717) is 16.1 Å². The number of aryl methyl sites for hydroxylation is 1. The highest BCUT2D eigenvalue weighted by Gasteiger charge is 2.11. The molecular formula is C9H9N5O2S. The van der Waals surface area contributed by atoms with Crippen molar-refractivity contribution in [2.45, 2.75) is 17.2 Å². The monoisotopic (exact) mass is 251 g/mol. The molecule has 1 amide bonds. The normalized spacial score (nSPS) is 10.4. The van der Waals surface area contributed by atoms with Crippen molar-refractivity contribution < 1.29 is 9.21 Å². The fraction of sp³-hybridized carbons (Fsp3) is 0.111. The molecule has 0 unspecified atom stereocenters. The van der Waals surface area contributed by atoms with E-state index in [-0.39, 0.29) is 11.3 Å². The molecule has 8 heteroatoms. The van der Waals surface area contributed by atoms with Gasteiger partial charge >= 0.3 is 0 Å². The maximum atomic E-state index is 11.1. The van der Waals surface area contributed by atoms with Crippen LogP contribution in [0.5, 0.6) is 0 Å². The van der Waals surface area contributed by atoms with Crippen LogP contribution in [-0.4, -0.2) is 21.1 Å². The maximum Gasteiger partial charge on any atom is 0.282 e. The Kier molecular flexibility index (Phi) is 2.96. The van der Waals surface area contributed by atoms with Gasteiger partial charge in [0.2, 0.25) is 5.89 Å². The Morgan fingerprint density at radius 1 is 1.47 bits per heavy atom. The first kappa shape index (κ1) is 11.4. The van der Waals surface area contributed by atoms with E-state index >= 15 is 0 Å². The number of carbonyl (C=O) groups excluding carboxylic acids is 1. The number of carbonyl (C=O) groups is 1. The second-order valence-corrected chi connectivity index (χ2v) is 4.13. The van der Waals surface area contributed by atoms with Crippen LogP contribution in [0.15, 0.2) is 26.9 Å². The third-order valence-electron chi connectivity index (χ3n) is 1.87. The highest BCUT2D eigenvalue weighted by atomic mass is 32.2. The number of nitrogen functional groups attached to an aromatic ring is 1. The highest BCUT2D eigenvalue weighted by molar-refractivity contribution is 7.99. The molecule has 0 aliphatic carbocycles. The Bertz CT molecular complexity index is 568. The molecule has 0 saturated heterocycles. The van der Waals surface area contributed by atoms with Gasteiger partial charge < -0.3 is 15.9 Å². The van der Waals surface area contributed by atoms with E-state index in [1.54, 1.807) is 6.92 Å². The van der Waals surface area contributed by atoms with Crippen LogP contribution in [0.1, 0.15) is 16.2 Å². The van der Waals surface area contributed by atoms with Crippen LogP contribution in [0.25, 0.3) is 0 Å². The van der Waals surface area contributed by atoms with Gasteiger partial charge in [-0.3, -0.25) is 4.79 Å². The summed E-state index contributed by atoms with van der Waals surface area (Å²) >= 11 is 1.13. The smallest absolute Gasteiger partial charge is 0.282 e. The van der Waals surface area contributed by atoms with Gasteiger partial charge in [0.1, 0.15) is 5.03 Å². The van der Waals surface area contributed by atoms with E-state index in [2.05, 4.69) is 15.2 Å². The number of anilines is 1. The van der Waals surface area contributed by atoms with E-state index in [1.165, 1.54) is 12.3 Å². The minimum absolute atomic E-state index is 0.221. The number of hydrogen-bond acceptors (Lipinski definition) is 7. The molecule has 17 heavy (non-hydrogen) atoms. The minimum atomic E-state index is -0.603. The summed E-state index contributed by atoms with van der Waals surface area (Å²) < 4.78 is 5.17. The highest BCUT2D eigenvalue weighted by Crippen LogP contribution is 2.26. The number of primary amides is 1. The van der Waals surface area contributed by atoms with Gasteiger partial charge in [0, 0.05) is 6.92 Å². The Morgan fingerprint density at radius 3 is 2.82 bits per heavy atom. The van der Waals surface area contributed by atoms with Crippen LogP contribution in [0.3, 0.4) is 0 Å². The quantitative estimate of drug-likeness (QED) is 0.819. The average molecular weight is 251 g/mol. The second kappa shape index (κ2) is 4.42. The summed E-state index contributed by atoms with van der Waals surface area (Å²) in [7, 11) is 0. The lowest BCUT2D eigenvalue weighted by Gasteiger charge is -2.02. The molecule has 0 aromatic carbocycles. The number of amides is 1. The zero-order chi connectivity index (χ0) is 12.4. The van der Waals surface area contributed by atoms with Gasteiger partial charge in [-0.2, -0.15) is 0 Å². The molecule has 0 bridgehead atoms. The Hall–Kier alpha value is -2.09. The third-order valence-corrected chi connectivity index (χ3v) is 2.65. The van der Waals surface area contributed by atoms with E-state index in [1.807, 2.05) is 0 Å². The molecule has 2 heterocycles. The van der Waals surface area contributed by atoms with Crippen molar-refractivity contribution in [1.82, 2.24) is 15.2 Å². The van der Waals surface area contributed by atoms with Crippen LogP contribution >= 0.6 is 11.8 Å². The van der Waals surface area contributed by atoms with Crippen molar-refractivity contribution in [3.05, 3.63) is 23.7 Å². The van der Waals surface area contributed by atoms with E-state index in [4.69, 9.17) is 15.9 Å². The topological polar surface area (TPSA) is 121 Å². The first-order chi connectivity index (χ1) is 8.06. The number of rotatable bonds is 3. The maximum absolute atomic E-state index is 11.1. The number of nitrogens with two attached hydrogens (primary N) is 2. The lowest BCUT2D eigenvalue weighted by atomic mass is 10.2. The average Bonchev–Trinajstić information content (AvgIpc) is 2.66. The molecule has 88 valence electrons. The molecule has 0 atom stereocenters. The van der Waals surface area contributed by atoms with Gasteiger partial charge in [0.05, 0.1) is 17.4 Å². The van der Waals surface area contributed by atoms with E-state index in [0.717, 1.165) is 11.8 Å². The van der Waals surface area contributed by atoms with Crippen molar-refractivity contribution in [3.8, 4) is 0 Å². The van der Waals surface area contributed by atoms with Crippen molar-refractivity contribution in [2.24, 2.45) is 5.73 Å². The standard InChI is InChI=1S/C9H9N5O2S/c1-4-13-14-9(16-4)17-7-2-5(8(11)15)6(10)3-12-7/h2-3H,10H2,1H3,(H2,11,15). The molecule has 0 aliphatic rings. The van der Waals surface area contributed by atoms with Crippen LogP contribution in [0.2, 0.25) is 0 Å². The minimum Gasteiger partial charge on any atom is -0.416 e. The van der Waals surface area contributed by atoms with Crippen LogP contribution in [0.4, 0.5) is 5.69 Å². The fourth-order valence-corrected chi connectivity index (χ4v) is 1.83. The molecular weight excluding hydrogens is 242 g/mol. The van der Waals surface area contributed by atoms with Gasteiger partial charge in [-0.15, -0.1) is 10.2 Å². The van der Waals surface area contributed by atoms with Crippen molar-refractivity contribution in [2.75, 3.05) is 5.73 Å². The summed E-state index contributed by atoms with van der Waals surface area (Å²) in [6.45, 7) is 1.68. The van der Waals surface area contributed by atoms with Crippen LogP contribution in [0, 0.1) is 6.92 Å². The Labute approximate surface area is 101 Å². The summed E-state index contributed by atoms with van der Waals surface area (Å²) in [5.41, 5.74) is 11.2. The van der Waals surface area contributed by atoms with Gasteiger partial charge in [-0.25, -0.2) is 4.98 Å². The zero-order valence-electron chi connectivity index (χ0n) is 8.88. The van der Waals surface area contributed by atoms with Crippen LogP contribution in [-0.2, 0) is 0 Å². The SMILES string of the molecule is Cc1nnc(Sc2cc(C(N)=O)c(N)cn2)o1. The summed E-state index contributed by atoms with van der Waals surface area (Å²) in [6, 6.07) is 1.49. The predicted octanol–water partition coefficient (Wildman–Crippen LogP) is 0.605. The molecule has 4 N–H and O–H groups in total. The predicted molar refractivity (Wildman–Crippen MR) is 60.3 cm³/mol. The van der Waals surface area contributed by atoms with Gasteiger partial charge in [0.25, 0.3) is 11.1 Å². The van der Waals surface area contributed by atoms with Gasteiger partial charge in [0.15, 0.2) is 0 Å². The van der Waals surface area contributed by atoms with Gasteiger partial charge in [-0.1, -0.05) is 0 Å². The lowest BCUT2D eigenvalue weighted by Crippen LogP contribution is -2.13.